The third-order valence-corrected chi connectivity index (χ3v) is 7.71. The number of halogens is 1. The standard InChI is InChI=1S/C22H29ClN4O5S2/c1-14(2)9-17(25-21(30)32-22(3,4)5)20(29)27-34(31,19-11-16(23)13-33-19)26-18(28)10-15-7-6-8-24-12-15/h6-8,11-14,17H,9-10H2,1-5H3,(H,25,30)(H,26,27,28,29,31)/t17-,34?/m0/s1. The Labute approximate surface area is 209 Å². The summed E-state index contributed by atoms with van der Waals surface area (Å²) >= 11 is 7.00. The van der Waals surface area contributed by atoms with Crippen LogP contribution in [0.1, 0.15) is 46.6 Å². The monoisotopic (exact) mass is 528 g/mol. The summed E-state index contributed by atoms with van der Waals surface area (Å²) in [6.45, 7) is 8.82. The predicted molar refractivity (Wildman–Crippen MR) is 132 cm³/mol. The SMILES string of the molecule is CC(C)C[C@H](NC(=O)OC(C)(C)C)C(=O)N=S(=O)(NC(=O)Cc1cccnc1)c1cc(Cl)cs1. The van der Waals surface area contributed by atoms with E-state index < -0.39 is 39.5 Å². The molecule has 2 aromatic heterocycles. The molecule has 0 saturated carbocycles. The van der Waals surface area contributed by atoms with Crippen molar-refractivity contribution in [3.8, 4) is 0 Å². The maximum absolute atomic E-state index is 13.8. The van der Waals surface area contributed by atoms with Gasteiger partial charge in [-0.15, -0.1) is 15.7 Å². The van der Waals surface area contributed by atoms with Crippen molar-refractivity contribution in [2.45, 2.75) is 63.3 Å². The fourth-order valence-corrected chi connectivity index (χ4v) is 5.82. The van der Waals surface area contributed by atoms with Gasteiger partial charge in [-0.2, -0.15) is 0 Å². The minimum Gasteiger partial charge on any atom is -0.444 e. The molecule has 0 saturated heterocycles. The van der Waals surface area contributed by atoms with Crippen LogP contribution < -0.4 is 10.0 Å². The normalized spacial score (nSPS) is 14.1. The predicted octanol–water partition coefficient (Wildman–Crippen LogP) is 4.36. The van der Waals surface area contributed by atoms with Gasteiger partial charge < -0.3 is 10.1 Å². The first-order chi connectivity index (χ1) is 15.8. The van der Waals surface area contributed by atoms with Crippen LogP contribution in [0.2, 0.25) is 5.02 Å². The molecule has 186 valence electrons. The van der Waals surface area contributed by atoms with Gasteiger partial charge in [-0.1, -0.05) is 31.5 Å². The number of nitrogens with one attached hydrogen (secondary N) is 2. The zero-order valence-electron chi connectivity index (χ0n) is 19.7. The first-order valence-corrected chi connectivity index (χ1v) is 13.3. The van der Waals surface area contributed by atoms with Crippen molar-refractivity contribution in [3.63, 3.8) is 0 Å². The van der Waals surface area contributed by atoms with E-state index >= 15 is 0 Å². The highest BCUT2D eigenvalue weighted by Crippen LogP contribution is 2.25. The van der Waals surface area contributed by atoms with E-state index in [-0.39, 0.29) is 23.0 Å². The molecular formula is C22H29ClN4O5S2. The van der Waals surface area contributed by atoms with Crippen molar-refractivity contribution in [1.29, 1.82) is 0 Å². The van der Waals surface area contributed by atoms with Crippen LogP contribution >= 0.6 is 22.9 Å². The molecule has 0 bridgehead atoms. The number of nitrogens with zero attached hydrogens (tertiary/aromatic N) is 2. The molecule has 0 spiro atoms. The smallest absolute Gasteiger partial charge is 0.408 e. The topological polar surface area (TPSA) is 127 Å². The fraction of sp³-hybridized carbons (Fsp3) is 0.455. The molecule has 0 aliphatic carbocycles. The van der Waals surface area contributed by atoms with E-state index in [1.165, 1.54) is 17.6 Å². The molecule has 2 rings (SSSR count). The molecule has 2 atom stereocenters. The van der Waals surface area contributed by atoms with Gasteiger partial charge in [-0.05, 0) is 50.8 Å². The number of pyridine rings is 1. The summed E-state index contributed by atoms with van der Waals surface area (Å²) in [6, 6.07) is 3.66. The van der Waals surface area contributed by atoms with Crippen molar-refractivity contribution in [2.75, 3.05) is 0 Å². The number of aromatic nitrogens is 1. The lowest BCUT2D eigenvalue weighted by atomic mass is 10.0. The number of alkyl carbamates (subject to hydrolysis) is 1. The van der Waals surface area contributed by atoms with E-state index in [1.54, 1.807) is 39.1 Å². The van der Waals surface area contributed by atoms with Gasteiger partial charge in [-0.3, -0.25) is 19.3 Å². The molecule has 12 heteroatoms. The highest BCUT2D eigenvalue weighted by molar-refractivity contribution is 7.94. The lowest BCUT2D eigenvalue weighted by Gasteiger charge is -2.23. The van der Waals surface area contributed by atoms with E-state index in [0.717, 1.165) is 11.3 Å². The van der Waals surface area contributed by atoms with Gasteiger partial charge >= 0.3 is 6.09 Å². The lowest BCUT2D eigenvalue weighted by molar-refractivity contribution is -0.120. The number of carbonyl (C=O) groups is 3. The Bertz CT molecular complexity index is 1140. The Kier molecular flexibility index (Phi) is 9.60. The Hall–Kier alpha value is -2.50. The Morgan fingerprint density at radius 2 is 2.00 bits per heavy atom. The van der Waals surface area contributed by atoms with Gasteiger partial charge in [0, 0.05) is 17.8 Å². The number of ether oxygens (including phenoxy) is 1. The molecule has 1 unspecified atom stereocenters. The van der Waals surface area contributed by atoms with Gasteiger partial charge in [0.1, 0.15) is 15.9 Å². The average Bonchev–Trinajstić information content (AvgIpc) is 3.13. The number of hydrogen-bond acceptors (Lipinski definition) is 7. The van der Waals surface area contributed by atoms with Crippen LogP contribution in [0, 0.1) is 5.92 Å². The second-order valence-corrected chi connectivity index (χ2v) is 12.4. The molecule has 0 aliphatic rings. The molecule has 0 aliphatic heterocycles. The van der Waals surface area contributed by atoms with Gasteiger partial charge in [0.05, 0.1) is 11.4 Å². The fourth-order valence-electron chi connectivity index (χ4n) is 2.77. The highest BCUT2D eigenvalue weighted by atomic mass is 35.5. The summed E-state index contributed by atoms with van der Waals surface area (Å²) in [4.78, 5) is 42.0. The van der Waals surface area contributed by atoms with E-state index in [0.29, 0.717) is 10.6 Å². The summed E-state index contributed by atoms with van der Waals surface area (Å²) in [7, 11) is -3.72. The van der Waals surface area contributed by atoms with Crippen molar-refractivity contribution >= 4 is 50.8 Å². The maximum atomic E-state index is 13.8. The van der Waals surface area contributed by atoms with Gasteiger partial charge in [0.2, 0.25) is 5.91 Å². The van der Waals surface area contributed by atoms with Crippen LogP contribution in [0.15, 0.2) is 44.5 Å². The molecule has 0 aromatic carbocycles. The molecule has 0 radical (unpaired) electrons. The molecule has 9 nitrogen and oxygen atoms in total. The average molecular weight is 529 g/mol. The maximum Gasteiger partial charge on any atom is 0.408 e. The lowest BCUT2D eigenvalue weighted by Crippen LogP contribution is -2.44. The number of thiophene rings is 1. The van der Waals surface area contributed by atoms with Crippen molar-refractivity contribution in [1.82, 2.24) is 15.0 Å². The largest absolute Gasteiger partial charge is 0.444 e. The highest BCUT2D eigenvalue weighted by Gasteiger charge is 2.28. The number of rotatable bonds is 8. The second kappa shape index (κ2) is 11.8. The molecule has 34 heavy (non-hydrogen) atoms. The van der Waals surface area contributed by atoms with Gasteiger partial charge in [0.15, 0.2) is 9.92 Å². The van der Waals surface area contributed by atoms with E-state index in [1.807, 2.05) is 13.8 Å². The minimum atomic E-state index is -3.72. The quantitative estimate of drug-likeness (QED) is 0.524. The minimum absolute atomic E-state index is 0.00601. The van der Waals surface area contributed by atoms with E-state index in [4.69, 9.17) is 16.3 Å². The Balaban J connectivity index is 2.36. The summed E-state index contributed by atoms with van der Waals surface area (Å²) in [5.41, 5.74) is -0.171. The third-order valence-electron chi connectivity index (χ3n) is 4.07. The molecular weight excluding hydrogens is 500 g/mol. The van der Waals surface area contributed by atoms with Crippen molar-refractivity contribution in [2.24, 2.45) is 10.3 Å². The van der Waals surface area contributed by atoms with Crippen LogP contribution in [0.3, 0.4) is 0 Å². The Morgan fingerprint density at radius 3 is 2.53 bits per heavy atom. The van der Waals surface area contributed by atoms with Crippen LogP contribution in [-0.2, 0) is 30.7 Å². The first kappa shape index (κ1) is 27.7. The van der Waals surface area contributed by atoms with E-state index in [2.05, 4.69) is 19.4 Å². The van der Waals surface area contributed by atoms with Crippen molar-refractivity contribution in [3.05, 3.63) is 46.6 Å². The Morgan fingerprint density at radius 1 is 1.29 bits per heavy atom. The summed E-state index contributed by atoms with van der Waals surface area (Å²) < 4.78 is 25.4. The van der Waals surface area contributed by atoms with Crippen LogP contribution in [0.5, 0.6) is 0 Å². The van der Waals surface area contributed by atoms with Crippen molar-refractivity contribution < 1.29 is 23.3 Å². The van der Waals surface area contributed by atoms with Crippen LogP contribution in [0.4, 0.5) is 4.79 Å². The van der Waals surface area contributed by atoms with Gasteiger partial charge in [-0.25, -0.2) is 9.00 Å². The van der Waals surface area contributed by atoms with E-state index in [9.17, 15) is 18.6 Å². The zero-order valence-corrected chi connectivity index (χ0v) is 22.1. The summed E-state index contributed by atoms with van der Waals surface area (Å²) in [5, 5.41) is 4.32. The van der Waals surface area contributed by atoms with Gasteiger partial charge in [0.25, 0.3) is 5.91 Å². The van der Waals surface area contributed by atoms with Crippen LogP contribution in [-0.4, -0.2) is 38.7 Å². The third kappa shape index (κ3) is 9.03. The summed E-state index contributed by atoms with van der Waals surface area (Å²) in [6.07, 6.45) is 2.40. The molecule has 2 N–H and O–H groups in total. The first-order valence-electron chi connectivity index (χ1n) is 10.5. The summed E-state index contributed by atoms with van der Waals surface area (Å²) in [5.74, 6) is -1.46. The molecule has 2 aromatic rings. The number of carbonyl (C=O) groups excluding carboxylic acids is 3. The second-order valence-electron chi connectivity index (χ2n) is 8.93. The number of hydrogen-bond donors (Lipinski definition) is 2. The van der Waals surface area contributed by atoms with Crippen LogP contribution in [0.25, 0.3) is 0 Å². The molecule has 0 fully saturated rings. The number of amides is 3. The molecule has 2 heterocycles. The zero-order chi connectivity index (χ0) is 25.5. The molecule has 3 amide bonds.